The number of hydrogen-bond acceptors (Lipinski definition) is 4. The van der Waals surface area contributed by atoms with E-state index in [0.29, 0.717) is 40.7 Å². The molecule has 0 saturated carbocycles. The Labute approximate surface area is 174 Å². The van der Waals surface area contributed by atoms with Gasteiger partial charge in [-0.15, -0.1) is 0 Å². The van der Waals surface area contributed by atoms with Crippen LogP contribution < -0.4 is 14.2 Å². The number of rotatable bonds is 7. The van der Waals surface area contributed by atoms with Gasteiger partial charge < -0.3 is 19.2 Å². The van der Waals surface area contributed by atoms with Crippen LogP contribution in [-0.4, -0.2) is 23.7 Å². The van der Waals surface area contributed by atoms with Gasteiger partial charge in [-0.05, 0) is 43.2 Å². The van der Waals surface area contributed by atoms with Gasteiger partial charge >= 0.3 is 0 Å². The molecule has 0 bridgehead atoms. The van der Waals surface area contributed by atoms with Crippen LogP contribution in [-0.2, 0) is 0 Å². The highest BCUT2D eigenvalue weighted by Crippen LogP contribution is 2.38. The van der Waals surface area contributed by atoms with E-state index < -0.39 is 5.82 Å². The van der Waals surface area contributed by atoms with Crippen molar-refractivity contribution in [3.05, 3.63) is 54.1 Å². The van der Waals surface area contributed by atoms with Crippen LogP contribution >= 0.6 is 0 Å². The van der Waals surface area contributed by atoms with Crippen molar-refractivity contribution in [2.75, 3.05) is 13.7 Å². The Morgan fingerprint density at radius 2 is 1.87 bits per heavy atom. The van der Waals surface area contributed by atoms with E-state index in [1.54, 1.807) is 31.5 Å². The number of nitrogens with zero attached hydrogens (tertiary/aromatic N) is 1. The number of fused-ring (bicyclic) bond motifs is 2. The molecule has 0 aliphatic rings. The molecule has 5 nitrogen and oxygen atoms in total. The van der Waals surface area contributed by atoms with E-state index in [-0.39, 0.29) is 5.75 Å². The number of H-pyrrole nitrogens is 1. The van der Waals surface area contributed by atoms with E-state index in [0.717, 1.165) is 23.0 Å². The van der Waals surface area contributed by atoms with Crippen molar-refractivity contribution in [1.82, 2.24) is 9.97 Å². The van der Waals surface area contributed by atoms with Crippen molar-refractivity contribution >= 4 is 21.8 Å². The largest absolute Gasteiger partial charge is 0.493 e. The lowest BCUT2D eigenvalue weighted by Crippen LogP contribution is -2.08. The van der Waals surface area contributed by atoms with Crippen molar-refractivity contribution < 1.29 is 18.6 Å². The van der Waals surface area contributed by atoms with Gasteiger partial charge in [0.2, 0.25) is 0 Å². The van der Waals surface area contributed by atoms with Crippen molar-refractivity contribution in [2.45, 2.75) is 27.2 Å². The maximum atomic E-state index is 15.0. The second kappa shape index (κ2) is 8.22. The highest BCUT2D eigenvalue weighted by atomic mass is 19.1. The van der Waals surface area contributed by atoms with Crippen LogP contribution in [0.15, 0.2) is 42.6 Å². The van der Waals surface area contributed by atoms with Crippen LogP contribution in [0.4, 0.5) is 4.39 Å². The van der Waals surface area contributed by atoms with E-state index in [9.17, 15) is 4.39 Å². The number of aryl methyl sites for hydroxylation is 1. The van der Waals surface area contributed by atoms with Crippen LogP contribution in [0.5, 0.6) is 23.0 Å². The van der Waals surface area contributed by atoms with Gasteiger partial charge in [-0.3, -0.25) is 4.98 Å². The maximum Gasteiger partial charge on any atom is 0.175 e. The zero-order valence-corrected chi connectivity index (χ0v) is 17.6. The molecule has 0 fully saturated rings. The molecule has 2 heterocycles. The average molecular weight is 408 g/mol. The zero-order valence-electron chi connectivity index (χ0n) is 17.6. The number of nitrogens with one attached hydrogen (secondary N) is 1. The smallest absolute Gasteiger partial charge is 0.175 e. The molecular weight excluding hydrogens is 383 g/mol. The number of halogens is 1. The summed E-state index contributed by atoms with van der Waals surface area (Å²) in [6.45, 7) is 6.75. The van der Waals surface area contributed by atoms with Crippen LogP contribution in [0, 0.1) is 18.7 Å². The summed E-state index contributed by atoms with van der Waals surface area (Å²) >= 11 is 0. The molecular formula is C24H25FN2O3. The van der Waals surface area contributed by atoms with Gasteiger partial charge in [0.25, 0.3) is 0 Å². The molecule has 0 spiro atoms. The van der Waals surface area contributed by atoms with E-state index >= 15 is 0 Å². The van der Waals surface area contributed by atoms with Gasteiger partial charge in [-0.25, -0.2) is 4.39 Å². The molecule has 2 aromatic carbocycles. The lowest BCUT2D eigenvalue weighted by atomic mass is 10.1. The molecule has 4 rings (SSSR count). The average Bonchev–Trinajstić information content (AvgIpc) is 3.14. The number of ether oxygens (including phenoxy) is 3. The summed E-state index contributed by atoms with van der Waals surface area (Å²) in [5.74, 6) is 1.90. The van der Waals surface area contributed by atoms with E-state index in [4.69, 9.17) is 14.2 Å². The van der Waals surface area contributed by atoms with Crippen molar-refractivity contribution in [3.8, 4) is 23.0 Å². The van der Waals surface area contributed by atoms with Gasteiger partial charge in [0.15, 0.2) is 23.1 Å². The van der Waals surface area contributed by atoms with Gasteiger partial charge in [-0.1, -0.05) is 20.3 Å². The molecule has 1 N–H and O–H groups in total. The van der Waals surface area contributed by atoms with Crippen molar-refractivity contribution in [1.29, 1.82) is 0 Å². The molecule has 0 aliphatic carbocycles. The number of methoxy groups -OCH3 is 1. The highest BCUT2D eigenvalue weighted by molar-refractivity contribution is 5.89. The Bertz CT molecular complexity index is 1200. The Balaban J connectivity index is 1.72. The summed E-state index contributed by atoms with van der Waals surface area (Å²) in [4.78, 5) is 7.56. The molecule has 4 aromatic rings. The topological polar surface area (TPSA) is 56.4 Å². The Kier molecular flexibility index (Phi) is 5.48. The molecule has 1 atom stereocenters. The Morgan fingerprint density at radius 1 is 1.03 bits per heavy atom. The fourth-order valence-corrected chi connectivity index (χ4v) is 3.32. The highest BCUT2D eigenvalue weighted by Gasteiger charge is 2.16. The third-order valence-electron chi connectivity index (χ3n) is 5.26. The fraction of sp³-hybridized carbons (Fsp3) is 0.292. The number of aromatic amines is 1. The number of aromatic nitrogens is 2. The van der Waals surface area contributed by atoms with E-state index in [1.165, 1.54) is 0 Å². The second-order valence-electron chi connectivity index (χ2n) is 7.55. The molecule has 1 unspecified atom stereocenters. The number of hydrogen-bond donors (Lipinski definition) is 1. The molecule has 0 aliphatic heterocycles. The van der Waals surface area contributed by atoms with Crippen LogP contribution in [0.25, 0.3) is 21.8 Å². The minimum Gasteiger partial charge on any atom is -0.493 e. The Hall–Kier alpha value is -3.28. The Morgan fingerprint density at radius 3 is 2.63 bits per heavy atom. The van der Waals surface area contributed by atoms with E-state index in [2.05, 4.69) is 23.8 Å². The predicted octanol–water partition coefficient (Wildman–Crippen LogP) is 6.39. The standard InChI is InChI=1S/C24H25FN2O3/c1-5-14(2)13-29-23-12-19-16(11-22(23)28-4)20(8-9-26-19)30-21-7-6-18-17(24(21)25)10-15(3)27-18/h6-12,14,27H,5,13H2,1-4H3. The van der Waals surface area contributed by atoms with Crippen molar-refractivity contribution in [2.24, 2.45) is 5.92 Å². The second-order valence-corrected chi connectivity index (χ2v) is 7.55. The van der Waals surface area contributed by atoms with Crippen LogP contribution in [0.1, 0.15) is 26.0 Å². The zero-order chi connectivity index (χ0) is 21.3. The molecule has 30 heavy (non-hydrogen) atoms. The molecule has 0 radical (unpaired) electrons. The number of pyridine rings is 1. The van der Waals surface area contributed by atoms with Gasteiger partial charge in [0.1, 0.15) is 5.75 Å². The van der Waals surface area contributed by atoms with Gasteiger partial charge in [-0.2, -0.15) is 0 Å². The number of benzene rings is 2. The minimum atomic E-state index is -0.401. The van der Waals surface area contributed by atoms with Gasteiger partial charge in [0.05, 0.1) is 19.2 Å². The van der Waals surface area contributed by atoms with Crippen LogP contribution in [0.2, 0.25) is 0 Å². The summed E-state index contributed by atoms with van der Waals surface area (Å²) in [5.41, 5.74) is 2.32. The van der Waals surface area contributed by atoms with Gasteiger partial charge in [0, 0.05) is 34.2 Å². The molecule has 6 heteroatoms. The third kappa shape index (κ3) is 3.77. The predicted molar refractivity (Wildman–Crippen MR) is 116 cm³/mol. The minimum absolute atomic E-state index is 0.157. The molecule has 0 saturated heterocycles. The maximum absolute atomic E-state index is 15.0. The first-order valence-electron chi connectivity index (χ1n) is 10.0. The normalized spacial score (nSPS) is 12.3. The third-order valence-corrected chi connectivity index (χ3v) is 5.26. The fourth-order valence-electron chi connectivity index (χ4n) is 3.32. The first-order chi connectivity index (χ1) is 14.5. The molecule has 2 aromatic heterocycles. The quantitative estimate of drug-likeness (QED) is 0.385. The summed E-state index contributed by atoms with van der Waals surface area (Å²) in [6.07, 6.45) is 2.67. The summed E-state index contributed by atoms with van der Waals surface area (Å²) in [5, 5.41) is 1.22. The lowest BCUT2D eigenvalue weighted by molar-refractivity contribution is 0.245. The SMILES string of the molecule is CCC(C)COc1cc2nccc(Oc3ccc4[nH]c(C)cc4c3F)c2cc1OC. The summed E-state index contributed by atoms with van der Waals surface area (Å²) in [6, 6.07) is 10.6. The first-order valence-corrected chi connectivity index (χ1v) is 10.0. The first kappa shape index (κ1) is 20.0. The summed E-state index contributed by atoms with van der Waals surface area (Å²) < 4.78 is 32.4. The van der Waals surface area contributed by atoms with E-state index in [1.807, 2.05) is 25.1 Å². The van der Waals surface area contributed by atoms with Crippen molar-refractivity contribution in [3.63, 3.8) is 0 Å². The molecule has 0 amide bonds. The van der Waals surface area contributed by atoms with Crippen LogP contribution in [0.3, 0.4) is 0 Å². The molecule has 156 valence electrons. The monoisotopic (exact) mass is 408 g/mol. The summed E-state index contributed by atoms with van der Waals surface area (Å²) in [7, 11) is 1.59. The lowest BCUT2D eigenvalue weighted by Gasteiger charge is -2.16.